The van der Waals surface area contributed by atoms with Gasteiger partial charge in [0.15, 0.2) is 0 Å². The van der Waals surface area contributed by atoms with Gasteiger partial charge in [0.05, 0.1) is 22.4 Å². The molecule has 0 aliphatic heterocycles. The van der Waals surface area contributed by atoms with Gasteiger partial charge >= 0.3 is 0 Å². The molecule has 2 rings (SSSR count). The predicted octanol–water partition coefficient (Wildman–Crippen LogP) is 2.84. The molecule has 0 spiro atoms. The highest BCUT2D eigenvalue weighted by atomic mass is 32.2. The third kappa shape index (κ3) is 3.42. The molecule has 0 aliphatic rings. The minimum Gasteiger partial charge on any atom is -0.377 e. The number of hydrogen-bond donors (Lipinski definition) is 2. The highest BCUT2D eigenvalue weighted by Gasteiger charge is 2.19. The Bertz CT molecular complexity index is 738. The van der Waals surface area contributed by atoms with E-state index in [1.165, 1.54) is 7.05 Å². The van der Waals surface area contributed by atoms with Gasteiger partial charge in [0.2, 0.25) is 10.0 Å². The van der Waals surface area contributed by atoms with Crippen LogP contribution in [0.1, 0.15) is 28.5 Å². The minimum absolute atomic E-state index is 0.00981. The van der Waals surface area contributed by atoms with E-state index in [9.17, 15) is 8.42 Å². The Labute approximate surface area is 129 Å². The molecule has 0 amide bonds. The lowest BCUT2D eigenvalue weighted by molar-refractivity contribution is 0.588. The van der Waals surface area contributed by atoms with Crippen LogP contribution in [0.5, 0.6) is 0 Å². The van der Waals surface area contributed by atoms with Gasteiger partial charge in [-0.15, -0.1) is 11.3 Å². The fraction of sp³-hybridized carbons (Fsp3) is 0.357. The first kappa shape index (κ1) is 15.9. The van der Waals surface area contributed by atoms with E-state index in [1.807, 2.05) is 26.8 Å². The average molecular weight is 325 g/mol. The van der Waals surface area contributed by atoms with Crippen molar-refractivity contribution in [3.8, 4) is 0 Å². The molecular weight excluding hydrogens is 306 g/mol. The van der Waals surface area contributed by atoms with Crippen molar-refractivity contribution >= 4 is 27.0 Å². The third-order valence-corrected chi connectivity index (χ3v) is 5.88. The lowest BCUT2D eigenvalue weighted by Gasteiger charge is -2.17. The Kier molecular flexibility index (Phi) is 4.65. The maximum Gasteiger partial charge on any atom is 0.242 e. The number of benzene rings is 1. The van der Waals surface area contributed by atoms with Gasteiger partial charge < -0.3 is 5.32 Å². The number of hydrogen-bond acceptors (Lipinski definition) is 5. The predicted molar refractivity (Wildman–Crippen MR) is 86.3 cm³/mol. The summed E-state index contributed by atoms with van der Waals surface area (Å²) in [6.07, 6.45) is 0. The lowest BCUT2D eigenvalue weighted by atomic mass is 10.2. The molecule has 2 aromatic rings. The van der Waals surface area contributed by atoms with Gasteiger partial charge in [-0.25, -0.2) is 18.1 Å². The Morgan fingerprint density at radius 1 is 1.24 bits per heavy atom. The summed E-state index contributed by atoms with van der Waals surface area (Å²) in [7, 11) is -2.08. The standard InChI is InChI=1S/C14H19N3O2S2/c1-9-14(20-11(3)16-9)10(2)17-12-7-5-6-8-13(12)21(18,19)15-4/h5-8,10,15,17H,1-4H3. The fourth-order valence-electron chi connectivity index (χ4n) is 2.18. The molecule has 114 valence electrons. The van der Waals surface area contributed by atoms with E-state index in [-0.39, 0.29) is 10.9 Å². The van der Waals surface area contributed by atoms with Crippen molar-refractivity contribution in [3.63, 3.8) is 0 Å². The first-order valence-electron chi connectivity index (χ1n) is 6.58. The number of aromatic nitrogens is 1. The number of para-hydroxylation sites is 1. The number of rotatable bonds is 5. The molecular formula is C14H19N3O2S2. The van der Waals surface area contributed by atoms with E-state index in [4.69, 9.17) is 0 Å². The molecule has 0 saturated heterocycles. The second-order valence-corrected chi connectivity index (χ2v) is 7.84. The Balaban J connectivity index is 2.34. The van der Waals surface area contributed by atoms with Crippen LogP contribution in [0.3, 0.4) is 0 Å². The van der Waals surface area contributed by atoms with Crippen LogP contribution in [0, 0.1) is 13.8 Å². The van der Waals surface area contributed by atoms with Gasteiger partial charge in [0.1, 0.15) is 4.90 Å². The molecule has 2 N–H and O–H groups in total. The summed E-state index contributed by atoms with van der Waals surface area (Å²) in [5.41, 5.74) is 1.57. The van der Waals surface area contributed by atoms with Crippen molar-refractivity contribution in [1.82, 2.24) is 9.71 Å². The van der Waals surface area contributed by atoms with E-state index in [0.29, 0.717) is 5.69 Å². The smallest absolute Gasteiger partial charge is 0.242 e. The van der Waals surface area contributed by atoms with E-state index < -0.39 is 10.0 Å². The van der Waals surface area contributed by atoms with Crippen LogP contribution in [-0.2, 0) is 10.0 Å². The van der Waals surface area contributed by atoms with Crippen molar-refractivity contribution in [2.24, 2.45) is 0 Å². The molecule has 7 heteroatoms. The highest BCUT2D eigenvalue weighted by molar-refractivity contribution is 7.89. The first-order chi connectivity index (χ1) is 9.85. The zero-order valence-corrected chi connectivity index (χ0v) is 14.1. The molecule has 1 heterocycles. The highest BCUT2D eigenvalue weighted by Crippen LogP contribution is 2.30. The zero-order valence-electron chi connectivity index (χ0n) is 12.5. The zero-order chi connectivity index (χ0) is 15.6. The molecule has 0 aliphatic carbocycles. The van der Waals surface area contributed by atoms with Gasteiger partial charge in [0.25, 0.3) is 0 Å². The van der Waals surface area contributed by atoms with Crippen LogP contribution in [0.15, 0.2) is 29.2 Å². The molecule has 1 aromatic carbocycles. The lowest BCUT2D eigenvalue weighted by Crippen LogP contribution is -2.20. The molecule has 1 atom stereocenters. The Morgan fingerprint density at radius 2 is 1.90 bits per heavy atom. The number of aryl methyl sites for hydroxylation is 2. The van der Waals surface area contributed by atoms with Gasteiger partial charge in [0, 0.05) is 4.88 Å². The molecule has 0 saturated carbocycles. The van der Waals surface area contributed by atoms with Crippen molar-refractivity contribution in [2.45, 2.75) is 31.7 Å². The fourth-order valence-corrected chi connectivity index (χ4v) is 4.00. The van der Waals surface area contributed by atoms with Crippen LogP contribution < -0.4 is 10.0 Å². The van der Waals surface area contributed by atoms with Crippen LogP contribution in [0.4, 0.5) is 5.69 Å². The first-order valence-corrected chi connectivity index (χ1v) is 8.88. The van der Waals surface area contributed by atoms with Crippen molar-refractivity contribution in [2.75, 3.05) is 12.4 Å². The summed E-state index contributed by atoms with van der Waals surface area (Å²) in [4.78, 5) is 5.77. The topological polar surface area (TPSA) is 71.1 Å². The second-order valence-electron chi connectivity index (χ2n) is 4.75. The number of thiazole rings is 1. The third-order valence-electron chi connectivity index (χ3n) is 3.15. The second kappa shape index (κ2) is 6.13. The number of anilines is 1. The molecule has 0 bridgehead atoms. The van der Waals surface area contributed by atoms with Crippen molar-refractivity contribution in [1.29, 1.82) is 0 Å². The SMILES string of the molecule is CNS(=O)(=O)c1ccccc1NC(C)c1sc(C)nc1C. The summed E-state index contributed by atoms with van der Waals surface area (Å²) in [5, 5.41) is 4.28. The summed E-state index contributed by atoms with van der Waals surface area (Å²) < 4.78 is 26.4. The van der Waals surface area contributed by atoms with E-state index in [0.717, 1.165) is 15.6 Å². The number of nitrogens with one attached hydrogen (secondary N) is 2. The van der Waals surface area contributed by atoms with E-state index >= 15 is 0 Å². The normalized spacial score (nSPS) is 13.1. The van der Waals surface area contributed by atoms with Gasteiger partial charge in [-0.05, 0) is 40.0 Å². The summed E-state index contributed by atoms with van der Waals surface area (Å²) >= 11 is 1.62. The largest absolute Gasteiger partial charge is 0.377 e. The number of sulfonamides is 1. The van der Waals surface area contributed by atoms with E-state index in [1.54, 1.807) is 29.5 Å². The molecule has 0 radical (unpaired) electrons. The maximum atomic E-state index is 12.0. The molecule has 0 fully saturated rings. The molecule has 5 nitrogen and oxygen atoms in total. The minimum atomic E-state index is -3.49. The monoisotopic (exact) mass is 325 g/mol. The van der Waals surface area contributed by atoms with Crippen molar-refractivity contribution < 1.29 is 8.42 Å². The summed E-state index contributed by atoms with van der Waals surface area (Å²) in [6.45, 7) is 5.93. The van der Waals surface area contributed by atoms with Crippen molar-refractivity contribution in [3.05, 3.63) is 39.8 Å². The maximum absolute atomic E-state index is 12.0. The summed E-state index contributed by atoms with van der Waals surface area (Å²) in [6, 6.07) is 6.87. The Morgan fingerprint density at radius 3 is 2.48 bits per heavy atom. The van der Waals surface area contributed by atoms with E-state index in [2.05, 4.69) is 15.0 Å². The van der Waals surface area contributed by atoms with Gasteiger partial charge in [-0.1, -0.05) is 12.1 Å². The quantitative estimate of drug-likeness (QED) is 0.887. The average Bonchev–Trinajstić information content (AvgIpc) is 2.78. The van der Waals surface area contributed by atoms with Crippen LogP contribution in [0.25, 0.3) is 0 Å². The number of nitrogens with zero attached hydrogens (tertiary/aromatic N) is 1. The Hall–Kier alpha value is -1.44. The molecule has 21 heavy (non-hydrogen) atoms. The van der Waals surface area contributed by atoms with Gasteiger partial charge in [-0.2, -0.15) is 0 Å². The molecule has 1 unspecified atom stereocenters. The summed E-state index contributed by atoms with van der Waals surface area (Å²) in [5.74, 6) is 0. The van der Waals surface area contributed by atoms with Crippen LogP contribution in [-0.4, -0.2) is 20.4 Å². The van der Waals surface area contributed by atoms with Crippen LogP contribution >= 0.6 is 11.3 Å². The van der Waals surface area contributed by atoms with Gasteiger partial charge in [-0.3, -0.25) is 0 Å². The molecule has 1 aromatic heterocycles. The van der Waals surface area contributed by atoms with Crippen LogP contribution in [0.2, 0.25) is 0 Å².